The van der Waals surface area contributed by atoms with Crippen molar-refractivity contribution in [2.45, 2.75) is 32.7 Å². The Kier molecular flexibility index (Phi) is 3.08. The molecule has 1 N–H and O–H groups in total. The summed E-state index contributed by atoms with van der Waals surface area (Å²) in [6.45, 7) is 7.08. The van der Waals surface area contributed by atoms with Crippen molar-refractivity contribution in [3.05, 3.63) is 42.1 Å². The first kappa shape index (κ1) is 14.1. The minimum absolute atomic E-state index is 0.0315. The highest BCUT2D eigenvalue weighted by atomic mass is 32.1. The lowest BCUT2D eigenvalue weighted by molar-refractivity contribution is 0.572. The van der Waals surface area contributed by atoms with E-state index >= 15 is 0 Å². The summed E-state index contributed by atoms with van der Waals surface area (Å²) in [6.07, 6.45) is 5.53. The van der Waals surface area contributed by atoms with Crippen LogP contribution in [0.25, 0.3) is 10.6 Å². The number of hydrogen-bond donors (Lipinski definition) is 1. The predicted molar refractivity (Wildman–Crippen MR) is 89.9 cm³/mol. The monoisotopic (exact) mass is 327 g/mol. The highest BCUT2D eigenvalue weighted by Crippen LogP contribution is 2.25. The molecule has 4 heterocycles. The molecular weight excluding hydrogens is 310 g/mol. The number of hydrogen-bond acceptors (Lipinski definition) is 6. The predicted octanol–water partition coefficient (Wildman–Crippen LogP) is 2.74. The second kappa shape index (κ2) is 5.02. The summed E-state index contributed by atoms with van der Waals surface area (Å²) < 4.78 is 3.66. The van der Waals surface area contributed by atoms with Crippen molar-refractivity contribution >= 4 is 27.1 Å². The molecule has 0 aliphatic carbocycles. The Bertz CT molecular complexity index is 941. The van der Waals surface area contributed by atoms with E-state index in [1.54, 1.807) is 23.7 Å². The van der Waals surface area contributed by atoms with Crippen LogP contribution in [0.15, 0.2) is 30.7 Å². The first-order valence-electron chi connectivity index (χ1n) is 7.39. The van der Waals surface area contributed by atoms with Gasteiger partial charge in [-0.05, 0) is 6.07 Å². The molecule has 0 radical (unpaired) electrons. The van der Waals surface area contributed by atoms with Gasteiger partial charge in [0.25, 0.3) is 0 Å². The molecule has 4 aromatic rings. The maximum Gasteiger partial charge on any atom is 0.214 e. The molecule has 0 spiro atoms. The largest absolute Gasteiger partial charge is 0.354 e. The van der Waals surface area contributed by atoms with Gasteiger partial charge in [0.15, 0.2) is 5.65 Å². The third-order valence-electron chi connectivity index (χ3n) is 3.60. The summed E-state index contributed by atoms with van der Waals surface area (Å²) in [6, 6.07) is 3.83. The molecule has 8 heteroatoms. The van der Waals surface area contributed by atoms with Gasteiger partial charge in [0, 0.05) is 17.7 Å². The fourth-order valence-electron chi connectivity index (χ4n) is 2.32. The molecule has 0 saturated carbocycles. The molecule has 118 valence electrons. The minimum Gasteiger partial charge on any atom is -0.354 e. The Hall–Kier alpha value is -2.48. The highest BCUT2D eigenvalue weighted by molar-refractivity contribution is 7.20. The second-order valence-corrected chi connectivity index (χ2v) is 7.36. The molecule has 0 atom stereocenters. The molecule has 0 aliphatic heterocycles. The zero-order valence-electron chi connectivity index (χ0n) is 13.2. The van der Waals surface area contributed by atoms with Crippen molar-refractivity contribution in [1.82, 2.24) is 29.2 Å². The van der Waals surface area contributed by atoms with E-state index in [2.05, 4.69) is 46.3 Å². The van der Waals surface area contributed by atoms with Crippen molar-refractivity contribution in [2.24, 2.45) is 0 Å². The smallest absolute Gasteiger partial charge is 0.214 e. The molecule has 4 aromatic heterocycles. The van der Waals surface area contributed by atoms with Crippen LogP contribution in [0.1, 0.15) is 32.2 Å². The fourth-order valence-corrected chi connectivity index (χ4v) is 3.10. The molecule has 0 saturated heterocycles. The van der Waals surface area contributed by atoms with Crippen molar-refractivity contribution in [3.8, 4) is 0 Å². The summed E-state index contributed by atoms with van der Waals surface area (Å²) >= 11 is 1.55. The molecule has 7 nitrogen and oxygen atoms in total. The Morgan fingerprint density at radius 2 is 2.09 bits per heavy atom. The number of nitrogens with zero attached hydrogens (tertiary/aromatic N) is 6. The lowest BCUT2D eigenvalue weighted by Crippen LogP contribution is -2.11. The van der Waals surface area contributed by atoms with E-state index in [9.17, 15) is 0 Å². The number of rotatable bonds is 3. The van der Waals surface area contributed by atoms with Gasteiger partial charge in [-0.25, -0.2) is 19.0 Å². The summed E-state index contributed by atoms with van der Waals surface area (Å²) in [5.74, 6) is 0. The van der Waals surface area contributed by atoms with Gasteiger partial charge in [-0.15, -0.1) is 5.10 Å². The Labute approximate surface area is 137 Å². The normalized spacial score (nSPS) is 12.3. The highest BCUT2D eigenvalue weighted by Gasteiger charge is 2.19. The van der Waals surface area contributed by atoms with E-state index in [1.165, 1.54) is 0 Å². The van der Waals surface area contributed by atoms with Crippen LogP contribution in [0.4, 0.5) is 5.13 Å². The molecule has 0 aliphatic rings. The topological polar surface area (TPSA) is 72.4 Å². The third-order valence-corrected chi connectivity index (χ3v) is 4.48. The molecule has 0 aromatic carbocycles. The molecule has 0 bridgehead atoms. The van der Waals surface area contributed by atoms with Crippen LogP contribution in [0.2, 0.25) is 0 Å². The van der Waals surface area contributed by atoms with Gasteiger partial charge >= 0.3 is 0 Å². The van der Waals surface area contributed by atoms with Crippen LogP contribution in [-0.4, -0.2) is 29.2 Å². The van der Waals surface area contributed by atoms with E-state index in [0.717, 1.165) is 27.1 Å². The first-order chi connectivity index (χ1) is 11.0. The summed E-state index contributed by atoms with van der Waals surface area (Å²) in [7, 11) is 0. The van der Waals surface area contributed by atoms with E-state index < -0.39 is 0 Å². The summed E-state index contributed by atoms with van der Waals surface area (Å²) in [5.41, 5.74) is 2.95. The van der Waals surface area contributed by atoms with Crippen LogP contribution in [0.5, 0.6) is 0 Å². The van der Waals surface area contributed by atoms with Crippen molar-refractivity contribution in [3.63, 3.8) is 0 Å². The summed E-state index contributed by atoms with van der Waals surface area (Å²) in [5, 5.41) is 13.0. The van der Waals surface area contributed by atoms with Crippen molar-refractivity contribution in [2.75, 3.05) is 5.32 Å². The van der Waals surface area contributed by atoms with Gasteiger partial charge in [0.2, 0.25) is 10.1 Å². The first-order valence-corrected chi connectivity index (χ1v) is 8.20. The van der Waals surface area contributed by atoms with Crippen molar-refractivity contribution in [1.29, 1.82) is 0 Å². The lowest BCUT2D eigenvalue weighted by atomic mass is 9.93. The van der Waals surface area contributed by atoms with E-state index in [4.69, 9.17) is 0 Å². The van der Waals surface area contributed by atoms with Crippen LogP contribution >= 0.6 is 11.3 Å². The molecule has 0 unspecified atom stereocenters. The third kappa shape index (κ3) is 2.55. The van der Waals surface area contributed by atoms with Gasteiger partial charge in [0.05, 0.1) is 30.3 Å². The fraction of sp³-hybridized carbons (Fsp3) is 0.333. The van der Waals surface area contributed by atoms with Gasteiger partial charge in [-0.1, -0.05) is 32.1 Å². The second-order valence-electron chi connectivity index (χ2n) is 6.40. The SMILES string of the molecule is CC(C)(C)c1cn2nc(NCc3ccnc4ccnn34)sc2n1. The van der Waals surface area contributed by atoms with Gasteiger partial charge < -0.3 is 5.32 Å². The lowest BCUT2D eigenvalue weighted by Gasteiger charge is -2.13. The molecule has 23 heavy (non-hydrogen) atoms. The number of anilines is 1. The van der Waals surface area contributed by atoms with Crippen LogP contribution in [0, 0.1) is 0 Å². The quantitative estimate of drug-likeness (QED) is 0.626. The zero-order valence-corrected chi connectivity index (χ0v) is 14.0. The molecule has 0 amide bonds. The molecule has 0 fully saturated rings. The van der Waals surface area contributed by atoms with Gasteiger partial charge in [-0.3, -0.25) is 0 Å². The number of aromatic nitrogens is 6. The zero-order chi connectivity index (χ0) is 16.0. The number of imidazole rings is 1. The van der Waals surface area contributed by atoms with Crippen LogP contribution in [0.3, 0.4) is 0 Å². The average molecular weight is 327 g/mol. The Morgan fingerprint density at radius 3 is 2.87 bits per heavy atom. The Morgan fingerprint density at radius 1 is 1.22 bits per heavy atom. The van der Waals surface area contributed by atoms with Crippen LogP contribution < -0.4 is 5.32 Å². The number of nitrogens with one attached hydrogen (secondary N) is 1. The van der Waals surface area contributed by atoms with Crippen molar-refractivity contribution < 1.29 is 0 Å². The molecular formula is C15H17N7S. The minimum atomic E-state index is 0.0315. The van der Waals surface area contributed by atoms with E-state index in [-0.39, 0.29) is 5.41 Å². The van der Waals surface area contributed by atoms with E-state index in [1.807, 2.05) is 27.4 Å². The standard InChI is InChI=1S/C15H17N7S/c1-15(2,3)11-9-21-14(19-11)23-13(20-21)17-8-10-4-6-16-12-5-7-18-22(10)12/h4-7,9H,8H2,1-3H3,(H,17,20). The van der Waals surface area contributed by atoms with Gasteiger partial charge in [0.1, 0.15) is 0 Å². The maximum absolute atomic E-state index is 4.65. The summed E-state index contributed by atoms with van der Waals surface area (Å²) in [4.78, 5) is 9.81. The number of fused-ring (bicyclic) bond motifs is 2. The van der Waals surface area contributed by atoms with Crippen LogP contribution in [-0.2, 0) is 12.0 Å². The van der Waals surface area contributed by atoms with E-state index in [0.29, 0.717) is 6.54 Å². The Balaban J connectivity index is 1.56. The van der Waals surface area contributed by atoms with Gasteiger partial charge in [-0.2, -0.15) is 5.10 Å². The maximum atomic E-state index is 4.65. The molecule has 4 rings (SSSR count). The average Bonchev–Trinajstić information content (AvgIpc) is 3.17.